The van der Waals surface area contributed by atoms with E-state index in [1.54, 1.807) is 0 Å². The summed E-state index contributed by atoms with van der Waals surface area (Å²) in [4.78, 5) is 21.3. The molecule has 2 atom stereocenters. The Balaban J connectivity index is 0.00000280. The molecule has 2 unspecified atom stereocenters. The average Bonchev–Trinajstić information content (AvgIpc) is 3.15. The molecule has 0 aromatic rings. The molecule has 3 rings (SSSR count). The highest BCUT2D eigenvalue weighted by molar-refractivity contribution is 14.0. The monoisotopic (exact) mass is 508 g/mol. The van der Waals surface area contributed by atoms with E-state index in [2.05, 4.69) is 17.1 Å². The van der Waals surface area contributed by atoms with Crippen LogP contribution in [0.25, 0.3) is 0 Å². The molecule has 0 saturated carbocycles. The van der Waals surface area contributed by atoms with Gasteiger partial charge >= 0.3 is 0 Å². The second kappa shape index (κ2) is 12.8. The summed E-state index contributed by atoms with van der Waals surface area (Å²) in [5.41, 5.74) is 0. The van der Waals surface area contributed by atoms with Gasteiger partial charge in [-0.3, -0.25) is 9.79 Å². The summed E-state index contributed by atoms with van der Waals surface area (Å²) in [6, 6.07) is 0. The summed E-state index contributed by atoms with van der Waals surface area (Å²) >= 11 is 0. The normalized spacial score (nSPS) is 26.8. The van der Waals surface area contributed by atoms with Gasteiger partial charge in [-0.05, 0) is 39.0 Å². The van der Waals surface area contributed by atoms with Gasteiger partial charge in [0.1, 0.15) is 6.10 Å². The van der Waals surface area contributed by atoms with Gasteiger partial charge in [-0.1, -0.05) is 6.42 Å². The van der Waals surface area contributed by atoms with E-state index in [0.717, 1.165) is 90.5 Å². The topological polar surface area (TPSA) is 66.4 Å². The highest BCUT2D eigenvalue weighted by Gasteiger charge is 2.32. The lowest BCUT2D eigenvalue weighted by Crippen LogP contribution is -2.53. The smallest absolute Gasteiger partial charge is 0.222 e. The Labute approximate surface area is 186 Å². The van der Waals surface area contributed by atoms with Gasteiger partial charge in [-0.2, -0.15) is 0 Å². The maximum absolute atomic E-state index is 12.1. The van der Waals surface area contributed by atoms with E-state index >= 15 is 0 Å². The third kappa shape index (κ3) is 7.02. The number of ether oxygens (including phenoxy) is 2. The number of nitrogens with one attached hydrogen (secondary N) is 1. The first kappa shape index (κ1) is 23.7. The SMILES string of the molecule is CCNC(=NCCCN1CCCCCC1=O)N1CCOC(C2CCCO2)C1.I. The lowest BCUT2D eigenvalue weighted by atomic mass is 10.1. The largest absolute Gasteiger partial charge is 0.375 e. The van der Waals surface area contributed by atoms with E-state index in [0.29, 0.717) is 12.3 Å². The molecule has 3 heterocycles. The van der Waals surface area contributed by atoms with Crippen LogP contribution in [0.2, 0.25) is 0 Å². The first-order valence-electron chi connectivity index (χ1n) is 10.8. The van der Waals surface area contributed by atoms with Gasteiger partial charge in [0.25, 0.3) is 0 Å². The number of likely N-dealkylation sites (tertiary alicyclic amines) is 1. The number of nitrogens with zero attached hydrogens (tertiary/aromatic N) is 3. The highest BCUT2D eigenvalue weighted by Crippen LogP contribution is 2.21. The van der Waals surface area contributed by atoms with E-state index < -0.39 is 0 Å². The number of carbonyl (C=O) groups is 1. The minimum Gasteiger partial charge on any atom is -0.375 e. The van der Waals surface area contributed by atoms with Crippen LogP contribution in [0.3, 0.4) is 0 Å². The second-order valence-electron chi connectivity index (χ2n) is 7.69. The molecule has 1 N–H and O–H groups in total. The maximum Gasteiger partial charge on any atom is 0.222 e. The van der Waals surface area contributed by atoms with Crippen LogP contribution in [0.15, 0.2) is 4.99 Å². The van der Waals surface area contributed by atoms with Crippen molar-refractivity contribution in [3.8, 4) is 0 Å². The summed E-state index contributed by atoms with van der Waals surface area (Å²) in [7, 11) is 0. The van der Waals surface area contributed by atoms with Gasteiger partial charge in [0.15, 0.2) is 5.96 Å². The first-order chi connectivity index (χ1) is 13.3. The molecule has 0 aromatic carbocycles. The van der Waals surface area contributed by atoms with Crippen LogP contribution in [-0.4, -0.2) is 86.4 Å². The van der Waals surface area contributed by atoms with Crippen LogP contribution in [0.4, 0.5) is 0 Å². The van der Waals surface area contributed by atoms with Crippen molar-refractivity contribution in [3.63, 3.8) is 0 Å². The summed E-state index contributed by atoms with van der Waals surface area (Å²) in [5, 5.41) is 3.42. The Morgan fingerprint density at radius 1 is 1.14 bits per heavy atom. The van der Waals surface area contributed by atoms with Crippen LogP contribution < -0.4 is 5.32 Å². The fourth-order valence-corrected chi connectivity index (χ4v) is 4.14. The Kier molecular flexibility index (Phi) is 10.9. The number of aliphatic imine (C=N–C) groups is 1. The minimum absolute atomic E-state index is 0. The van der Waals surface area contributed by atoms with E-state index in [-0.39, 0.29) is 36.2 Å². The van der Waals surface area contributed by atoms with Crippen LogP contribution in [0.1, 0.15) is 51.9 Å². The van der Waals surface area contributed by atoms with Crippen molar-refractivity contribution in [2.45, 2.75) is 64.1 Å². The van der Waals surface area contributed by atoms with Crippen LogP contribution in [0.5, 0.6) is 0 Å². The van der Waals surface area contributed by atoms with Gasteiger partial charge < -0.3 is 24.6 Å². The molecule has 3 fully saturated rings. The molecule has 1 amide bonds. The number of carbonyl (C=O) groups excluding carboxylic acids is 1. The molecule has 8 heteroatoms. The number of amides is 1. The summed E-state index contributed by atoms with van der Waals surface area (Å²) in [6.07, 6.45) is 7.57. The Morgan fingerprint density at radius 2 is 2.00 bits per heavy atom. The van der Waals surface area contributed by atoms with Crippen LogP contribution >= 0.6 is 24.0 Å². The zero-order valence-electron chi connectivity index (χ0n) is 17.2. The Hall–Kier alpha value is -0.610. The molecule has 0 aliphatic carbocycles. The number of halogens is 1. The van der Waals surface area contributed by atoms with Crippen LogP contribution in [0, 0.1) is 0 Å². The third-order valence-corrected chi connectivity index (χ3v) is 5.63. The van der Waals surface area contributed by atoms with E-state index in [4.69, 9.17) is 14.5 Å². The molecule has 162 valence electrons. The van der Waals surface area contributed by atoms with Crippen molar-refractivity contribution in [2.75, 3.05) is 52.5 Å². The predicted octanol–water partition coefficient (Wildman–Crippen LogP) is 2.24. The Morgan fingerprint density at radius 3 is 2.79 bits per heavy atom. The fourth-order valence-electron chi connectivity index (χ4n) is 4.14. The first-order valence-corrected chi connectivity index (χ1v) is 10.8. The average molecular weight is 508 g/mol. The molecule has 7 nitrogen and oxygen atoms in total. The van der Waals surface area contributed by atoms with Crippen molar-refractivity contribution >= 4 is 35.8 Å². The van der Waals surface area contributed by atoms with E-state index in [9.17, 15) is 4.79 Å². The number of guanidine groups is 1. The predicted molar refractivity (Wildman–Crippen MR) is 121 cm³/mol. The molecule has 3 aliphatic heterocycles. The fraction of sp³-hybridized carbons (Fsp3) is 0.900. The van der Waals surface area contributed by atoms with Gasteiger partial charge in [-0.15, -0.1) is 24.0 Å². The van der Waals surface area contributed by atoms with Crippen molar-refractivity contribution in [3.05, 3.63) is 0 Å². The highest BCUT2D eigenvalue weighted by atomic mass is 127. The number of hydrogen-bond acceptors (Lipinski definition) is 4. The molecule has 3 saturated heterocycles. The zero-order valence-corrected chi connectivity index (χ0v) is 19.6. The molecule has 0 spiro atoms. The van der Waals surface area contributed by atoms with Crippen molar-refractivity contribution in [2.24, 2.45) is 4.99 Å². The van der Waals surface area contributed by atoms with Crippen LogP contribution in [-0.2, 0) is 14.3 Å². The zero-order chi connectivity index (χ0) is 18.9. The molecular formula is C20H37IN4O3. The van der Waals surface area contributed by atoms with E-state index in [1.807, 2.05) is 4.90 Å². The molecular weight excluding hydrogens is 471 g/mol. The number of rotatable bonds is 6. The third-order valence-electron chi connectivity index (χ3n) is 5.63. The van der Waals surface area contributed by atoms with Gasteiger partial charge in [0.2, 0.25) is 5.91 Å². The molecule has 0 aromatic heterocycles. The van der Waals surface area contributed by atoms with Gasteiger partial charge in [0, 0.05) is 52.3 Å². The molecule has 0 bridgehead atoms. The summed E-state index contributed by atoms with van der Waals surface area (Å²) in [6.45, 7) is 8.70. The minimum atomic E-state index is 0. The summed E-state index contributed by atoms with van der Waals surface area (Å²) < 4.78 is 11.8. The van der Waals surface area contributed by atoms with Gasteiger partial charge in [0.05, 0.1) is 12.7 Å². The lowest BCUT2D eigenvalue weighted by Gasteiger charge is -2.37. The number of hydrogen-bond donors (Lipinski definition) is 1. The molecule has 28 heavy (non-hydrogen) atoms. The van der Waals surface area contributed by atoms with Crippen molar-refractivity contribution in [1.82, 2.24) is 15.1 Å². The maximum atomic E-state index is 12.1. The quantitative estimate of drug-likeness (QED) is 0.258. The van der Waals surface area contributed by atoms with Crippen molar-refractivity contribution in [1.29, 1.82) is 0 Å². The molecule has 0 radical (unpaired) electrons. The van der Waals surface area contributed by atoms with Gasteiger partial charge in [-0.25, -0.2) is 0 Å². The standard InChI is InChI=1S/C20H36N4O3.HI/c1-2-21-20(22-10-7-12-23-11-5-3-4-9-19(23)25)24-13-15-27-18(16-24)17-8-6-14-26-17;/h17-18H,2-16H2,1H3,(H,21,22);1H. The molecule has 3 aliphatic rings. The Bertz CT molecular complexity index is 500. The summed E-state index contributed by atoms with van der Waals surface area (Å²) in [5.74, 6) is 1.28. The lowest BCUT2D eigenvalue weighted by molar-refractivity contribution is -0.130. The second-order valence-corrected chi connectivity index (χ2v) is 7.69. The van der Waals surface area contributed by atoms with Crippen molar-refractivity contribution < 1.29 is 14.3 Å². The number of morpholine rings is 1. The van der Waals surface area contributed by atoms with E-state index in [1.165, 1.54) is 6.42 Å².